The molecule has 0 aromatic heterocycles. The average molecular weight is 293 g/mol. The first-order valence-corrected chi connectivity index (χ1v) is 6.62. The van der Waals surface area contributed by atoms with Crippen molar-refractivity contribution in [3.8, 4) is 0 Å². The number of hydrogen-bond donors (Lipinski definition) is 2. The second-order valence-electron chi connectivity index (χ2n) is 3.94. The summed E-state index contributed by atoms with van der Waals surface area (Å²) in [6.45, 7) is 2.61. The predicted octanol–water partition coefficient (Wildman–Crippen LogP) is 2.32. The molecule has 0 atom stereocenters. The van der Waals surface area contributed by atoms with Crippen molar-refractivity contribution in [3.63, 3.8) is 0 Å². The minimum atomic E-state index is -0.194. The molecule has 5 heteroatoms. The van der Waals surface area contributed by atoms with Crippen molar-refractivity contribution in [1.82, 2.24) is 10.6 Å². The second-order valence-corrected chi connectivity index (χ2v) is 4.38. The average Bonchev–Trinajstić information content (AvgIpc) is 2.44. The number of rotatable bonds is 6. The topological polar surface area (TPSA) is 58.2 Å². The summed E-state index contributed by atoms with van der Waals surface area (Å²) < 4.78 is 0. The Bertz CT molecular complexity index is 507. The molecule has 0 aliphatic carbocycles. The van der Waals surface area contributed by atoms with Crippen LogP contribution in [0.5, 0.6) is 0 Å². The number of allylic oxidation sites excluding steroid dienone is 3. The van der Waals surface area contributed by atoms with Crippen LogP contribution in [0, 0.1) is 0 Å². The maximum Gasteiger partial charge on any atom is 0.251 e. The molecule has 0 radical (unpaired) electrons. The molecule has 0 unspecified atom stereocenters. The molecule has 20 heavy (non-hydrogen) atoms. The quantitative estimate of drug-likeness (QED) is 0.480. The summed E-state index contributed by atoms with van der Waals surface area (Å²) in [6, 6.07) is 6.61. The zero-order chi connectivity index (χ0) is 14.8. The smallest absolute Gasteiger partial charge is 0.251 e. The Labute approximate surface area is 123 Å². The van der Waals surface area contributed by atoms with Gasteiger partial charge >= 0.3 is 0 Å². The minimum absolute atomic E-state index is 0.191. The number of nitrogens with one attached hydrogen (secondary N) is 2. The van der Waals surface area contributed by atoms with E-state index in [-0.39, 0.29) is 11.8 Å². The Morgan fingerprint density at radius 1 is 1.10 bits per heavy atom. The molecule has 1 aromatic rings. The first kappa shape index (κ1) is 16.0. The number of carbonyl (C=O) groups excluding carboxylic acids is 2. The van der Waals surface area contributed by atoms with Crippen molar-refractivity contribution in [2.75, 3.05) is 13.1 Å². The number of benzene rings is 1. The molecule has 4 nitrogen and oxygen atoms in total. The van der Waals surface area contributed by atoms with E-state index in [1.807, 2.05) is 13.0 Å². The van der Waals surface area contributed by atoms with Crippen LogP contribution in [0.3, 0.4) is 0 Å². The third kappa shape index (κ3) is 6.20. The molecular weight excluding hydrogens is 276 g/mol. The number of halogens is 1. The van der Waals surface area contributed by atoms with Crippen LogP contribution in [0.4, 0.5) is 0 Å². The fourth-order valence-corrected chi connectivity index (χ4v) is 1.50. The maximum absolute atomic E-state index is 11.7. The van der Waals surface area contributed by atoms with Crippen molar-refractivity contribution in [2.24, 2.45) is 0 Å². The lowest BCUT2D eigenvalue weighted by Gasteiger charge is -2.05. The first-order chi connectivity index (χ1) is 9.63. The van der Waals surface area contributed by atoms with Crippen LogP contribution in [0.1, 0.15) is 17.3 Å². The zero-order valence-corrected chi connectivity index (χ0v) is 12.0. The van der Waals surface area contributed by atoms with Gasteiger partial charge < -0.3 is 10.6 Å². The van der Waals surface area contributed by atoms with E-state index in [2.05, 4.69) is 10.6 Å². The molecule has 0 spiro atoms. The molecule has 2 amide bonds. The Hall–Kier alpha value is -2.07. The van der Waals surface area contributed by atoms with Crippen LogP contribution < -0.4 is 10.6 Å². The standard InChI is InChI=1S/C15H17ClN2O2/c1-2-3-4-5-14(19)17-10-11-18-15(20)12-6-8-13(16)9-7-12/h2-9H,10-11H2,1H3,(H,17,19)(H,18,20)/b3-2+,5-4+. The van der Waals surface area contributed by atoms with Crippen molar-refractivity contribution >= 4 is 23.4 Å². The van der Waals surface area contributed by atoms with Gasteiger partial charge in [0.2, 0.25) is 5.91 Å². The Morgan fingerprint density at radius 2 is 1.75 bits per heavy atom. The molecule has 2 N–H and O–H groups in total. The van der Waals surface area contributed by atoms with E-state index >= 15 is 0 Å². The van der Waals surface area contributed by atoms with Gasteiger partial charge in [-0.05, 0) is 31.2 Å². The first-order valence-electron chi connectivity index (χ1n) is 6.24. The summed E-state index contributed by atoms with van der Waals surface area (Å²) in [5.41, 5.74) is 0.536. The Balaban J connectivity index is 2.25. The molecule has 0 heterocycles. The molecule has 0 fully saturated rings. The van der Waals surface area contributed by atoms with Crippen LogP contribution in [-0.2, 0) is 4.79 Å². The van der Waals surface area contributed by atoms with Crippen LogP contribution in [-0.4, -0.2) is 24.9 Å². The summed E-state index contributed by atoms with van der Waals surface area (Å²) >= 11 is 5.74. The normalized spacial score (nSPS) is 10.9. The molecule has 0 saturated carbocycles. The number of amides is 2. The van der Waals surface area contributed by atoms with Crippen molar-refractivity contribution in [3.05, 3.63) is 59.2 Å². The van der Waals surface area contributed by atoms with Crippen molar-refractivity contribution in [2.45, 2.75) is 6.92 Å². The molecule has 1 rings (SSSR count). The van der Waals surface area contributed by atoms with E-state index in [1.54, 1.807) is 36.4 Å². The van der Waals surface area contributed by atoms with E-state index in [9.17, 15) is 9.59 Å². The van der Waals surface area contributed by atoms with Gasteiger partial charge in [0, 0.05) is 29.8 Å². The predicted molar refractivity (Wildman–Crippen MR) is 80.7 cm³/mol. The van der Waals surface area contributed by atoms with Gasteiger partial charge in [-0.15, -0.1) is 0 Å². The third-order valence-electron chi connectivity index (χ3n) is 2.37. The highest BCUT2D eigenvalue weighted by Crippen LogP contribution is 2.08. The van der Waals surface area contributed by atoms with Gasteiger partial charge in [-0.25, -0.2) is 0 Å². The number of carbonyl (C=O) groups is 2. The monoisotopic (exact) mass is 292 g/mol. The highest BCUT2D eigenvalue weighted by atomic mass is 35.5. The fraction of sp³-hybridized carbons (Fsp3) is 0.200. The van der Waals surface area contributed by atoms with Crippen molar-refractivity contribution in [1.29, 1.82) is 0 Å². The van der Waals surface area contributed by atoms with Gasteiger partial charge in [0.05, 0.1) is 0 Å². The molecule has 106 valence electrons. The minimum Gasteiger partial charge on any atom is -0.351 e. The van der Waals surface area contributed by atoms with Gasteiger partial charge in [-0.1, -0.05) is 29.8 Å². The lowest BCUT2D eigenvalue weighted by atomic mass is 10.2. The lowest BCUT2D eigenvalue weighted by Crippen LogP contribution is -2.33. The second kappa shape index (κ2) is 8.93. The lowest BCUT2D eigenvalue weighted by molar-refractivity contribution is -0.116. The largest absolute Gasteiger partial charge is 0.351 e. The van der Waals surface area contributed by atoms with Gasteiger partial charge in [0.15, 0.2) is 0 Å². The molecule has 0 aliphatic heterocycles. The van der Waals surface area contributed by atoms with E-state index in [1.165, 1.54) is 6.08 Å². The van der Waals surface area contributed by atoms with E-state index in [0.29, 0.717) is 23.7 Å². The summed E-state index contributed by atoms with van der Waals surface area (Å²) in [6.07, 6.45) is 6.68. The Morgan fingerprint density at radius 3 is 2.40 bits per heavy atom. The van der Waals surface area contributed by atoms with Crippen LogP contribution >= 0.6 is 11.6 Å². The molecule has 1 aromatic carbocycles. The van der Waals surface area contributed by atoms with Crippen LogP contribution in [0.2, 0.25) is 5.02 Å². The van der Waals surface area contributed by atoms with E-state index < -0.39 is 0 Å². The third-order valence-corrected chi connectivity index (χ3v) is 2.62. The highest BCUT2D eigenvalue weighted by molar-refractivity contribution is 6.30. The molecule has 0 aliphatic rings. The molecule has 0 saturated heterocycles. The summed E-state index contributed by atoms with van der Waals surface area (Å²) in [7, 11) is 0. The van der Waals surface area contributed by atoms with E-state index in [4.69, 9.17) is 11.6 Å². The van der Waals surface area contributed by atoms with Gasteiger partial charge in [0.1, 0.15) is 0 Å². The van der Waals surface area contributed by atoms with Gasteiger partial charge in [0.25, 0.3) is 5.91 Å². The van der Waals surface area contributed by atoms with Crippen molar-refractivity contribution < 1.29 is 9.59 Å². The summed E-state index contributed by atoms with van der Waals surface area (Å²) in [5, 5.41) is 5.95. The fourth-order valence-electron chi connectivity index (χ4n) is 1.38. The molecule has 0 bridgehead atoms. The highest BCUT2D eigenvalue weighted by Gasteiger charge is 2.04. The van der Waals surface area contributed by atoms with E-state index in [0.717, 1.165) is 0 Å². The van der Waals surface area contributed by atoms with Gasteiger partial charge in [-0.3, -0.25) is 9.59 Å². The Kier molecular flexibility index (Phi) is 7.14. The zero-order valence-electron chi connectivity index (χ0n) is 11.2. The van der Waals surface area contributed by atoms with Gasteiger partial charge in [-0.2, -0.15) is 0 Å². The van der Waals surface area contributed by atoms with Crippen LogP contribution in [0.15, 0.2) is 48.6 Å². The SMILES string of the molecule is C/C=C/C=C/C(=O)NCCNC(=O)c1ccc(Cl)cc1. The molecular formula is C15H17ClN2O2. The van der Waals surface area contributed by atoms with Crippen LogP contribution in [0.25, 0.3) is 0 Å². The number of hydrogen-bond acceptors (Lipinski definition) is 2. The maximum atomic E-state index is 11.7. The summed E-state index contributed by atoms with van der Waals surface area (Å²) in [5.74, 6) is -0.385. The summed E-state index contributed by atoms with van der Waals surface area (Å²) in [4.78, 5) is 23.0.